The topological polar surface area (TPSA) is 55.6 Å². The maximum atomic E-state index is 12.2. The number of hydrogen-bond acceptors (Lipinski definition) is 3. The number of hydrogen-bond donors (Lipinski definition) is 1. The van der Waals surface area contributed by atoms with Crippen molar-refractivity contribution < 1.29 is 9.53 Å². The van der Waals surface area contributed by atoms with Crippen LogP contribution in [-0.2, 0) is 9.53 Å². The molecule has 106 valence electrons. The van der Waals surface area contributed by atoms with E-state index < -0.39 is 0 Å². The minimum absolute atomic E-state index is 0. The van der Waals surface area contributed by atoms with Gasteiger partial charge in [-0.15, -0.1) is 12.4 Å². The van der Waals surface area contributed by atoms with E-state index in [0.717, 1.165) is 45.6 Å². The van der Waals surface area contributed by atoms with Crippen LogP contribution in [0.1, 0.15) is 33.1 Å². The predicted molar refractivity (Wildman–Crippen MR) is 73.7 cm³/mol. The highest BCUT2D eigenvalue weighted by Crippen LogP contribution is 2.39. The Morgan fingerprint density at radius 1 is 1.28 bits per heavy atom. The standard InChI is InChI=1S/C13H24N2O2.ClH/c1-10(2)11(14)12(16)15-6-3-13(9-15)4-7-17-8-5-13;/h10-11H,3-9,14H2,1-2H3;1H/t11-;/m0./s1. The Bertz CT molecular complexity index is 291. The van der Waals surface area contributed by atoms with E-state index in [0.29, 0.717) is 5.41 Å². The number of amides is 1. The van der Waals surface area contributed by atoms with E-state index in [9.17, 15) is 4.79 Å². The largest absolute Gasteiger partial charge is 0.381 e. The molecule has 1 amide bonds. The Hall–Kier alpha value is -0.320. The molecular formula is C13H25ClN2O2. The highest BCUT2D eigenvalue weighted by Gasteiger charge is 2.41. The first-order valence-corrected chi connectivity index (χ1v) is 6.66. The lowest BCUT2D eigenvalue weighted by atomic mass is 9.80. The second-order valence-electron chi connectivity index (χ2n) is 5.89. The second-order valence-corrected chi connectivity index (χ2v) is 5.89. The summed E-state index contributed by atoms with van der Waals surface area (Å²) in [7, 11) is 0. The van der Waals surface area contributed by atoms with Crippen molar-refractivity contribution >= 4 is 18.3 Å². The van der Waals surface area contributed by atoms with Crippen molar-refractivity contribution in [1.29, 1.82) is 0 Å². The number of nitrogens with zero attached hydrogens (tertiary/aromatic N) is 1. The van der Waals surface area contributed by atoms with Gasteiger partial charge in [-0.2, -0.15) is 0 Å². The minimum Gasteiger partial charge on any atom is -0.381 e. The third-order valence-corrected chi connectivity index (χ3v) is 4.31. The molecule has 0 aromatic rings. The Labute approximate surface area is 116 Å². The van der Waals surface area contributed by atoms with E-state index in [-0.39, 0.29) is 30.3 Å². The average Bonchev–Trinajstić information content (AvgIpc) is 2.72. The molecule has 0 bridgehead atoms. The molecule has 5 heteroatoms. The number of ether oxygens (including phenoxy) is 1. The first kappa shape index (κ1) is 15.7. The molecule has 2 aliphatic rings. The van der Waals surface area contributed by atoms with Gasteiger partial charge in [0, 0.05) is 26.3 Å². The van der Waals surface area contributed by atoms with Crippen molar-refractivity contribution in [3.63, 3.8) is 0 Å². The van der Waals surface area contributed by atoms with Crippen LogP contribution in [0.5, 0.6) is 0 Å². The summed E-state index contributed by atoms with van der Waals surface area (Å²) in [5, 5.41) is 0. The maximum Gasteiger partial charge on any atom is 0.239 e. The maximum absolute atomic E-state index is 12.2. The van der Waals surface area contributed by atoms with Crippen LogP contribution in [0.25, 0.3) is 0 Å². The predicted octanol–water partition coefficient (Wildman–Crippen LogP) is 1.42. The molecule has 2 aliphatic heterocycles. The summed E-state index contributed by atoms with van der Waals surface area (Å²) >= 11 is 0. The molecular weight excluding hydrogens is 252 g/mol. The Morgan fingerprint density at radius 3 is 2.44 bits per heavy atom. The summed E-state index contributed by atoms with van der Waals surface area (Å²) in [5.74, 6) is 0.345. The summed E-state index contributed by atoms with van der Waals surface area (Å²) in [6.45, 7) is 7.46. The molecule has 2 N–H and O–H groups in total. The SMILES string of the molecule is CC(C)[C@H](N)C(=O)N1CCC2(CCOCC2)C1.Cl. The van der Waals surface area contributed by atoms with E-state index in [1.165, 1.54) is 0 Å². The van der Waals surface area contributed by atoms with Crippen LogP contribution in [0, 0.1) is 11.3 Å². The zero-order valence-electron chi connectivity index (χ0n) is 11.4. The van der Waals surface area contributed by atoms with Gasteiger partial charge in [0.1, 0.15) is 0 Å². The van der Waals surface area contributed by atoms with Crippen LogP contribution in [-0.4, -0.2) is 43.2 Å². The van der Waals surface area contributed by atoms with Crippen LogP contribution in [0.4, 0.5) is 0 Å². The van der Waals surface area contributed by atoms with Gasteiger partial charge >= 0.3 is 0 Å². The van der Waals surface area contributed by atoms with Crippen LogP contribution >= 0.6 is 12.4 Å². The molecule has 2 fully saturated rings. The first-order chi connectivity index (χ1) is 8.04. The van der Waals surface area contributed by atoms with Gasteiger partial charge in [-0.3, -0.25) is 4.79 Å². The van der Waals surface area contributed by atoms with Gasteiger partial charge in [0.05, 0.1) is 6.04 Å². The van der Waals surface area contributed by atoms with Crippen LogP contribution in [0.3, 0.4) is 0 Å². The van der Waals surface area contributed by atoms with Crippen molar-refractivity contribution in [2.45, 2.75) is 39.2 Å². The quantitative estimate of drug-likeness (QED) is 0.830. The Balaban J connectivity index is 0.00000162. The fraction of sp³-hybridized carbons (Fsp3) is 0.923. The normalized spacial score (nSPS) is 24.1. The molecule has 1 spiro atoms. The molecule has 0 unspecified atom stereocenters. The third kappa shape index (κ3) is 3.16. The fourth-order valence-electron chi connectivity index (χ4n) is 2.83. The summed E-state index contributed by atoms with van der Waals surface area (Å²) in [5.41, 5.74) is 6.27. The summed E-state index contributed by atoms with van der Waals surface area (Å²) in [4.78, 5) is 14.2. The third-order valence-electron chi connectivity index (χ3n) is 4.31. The van der Waals surface area contributed by atoms with Gasteiger partial charge in [-0.05, 0) is 30.6 Å². The average molecular weight is 277 g/mol. The van der Waals surface area contributed by atoms with Crippen molar-refractivity contribution in [3.8, 4) is 0 Å². The van der Waals surface area contributed by atoms with Crippen molar-refractivity contribution in [2.24, 2.45) is 17.1 Å². The molecule has 2 saturated heterocycles. The Kier molecular flexibility index (Phi) is 5.44. The summed E-state index contributed by atoms with van der Waals surface area (Å²) in [6, 6.07) is -0.343. The van der Waals surface area contributed by atoms with E-state index in [1.807, 2.05) is 18.7 Å². The van der Waals surface area contributed by atoms with Gasteiger partial charge in [-0.1, -0.05) is 13.8 Å². The molecule has 18 heavy (non-hydrogen) atoms. The highest BCUT2D eigenvalue weighted by molar-refractivity contribution is 5.85. The molecule has 0 aliphatic carbocycles. The highest BCUT2D eigenvalue weighted by atomic mass is 35.5. The minimum atomic E-state index is -0.343. The smallest absolute Gasteiger partial charge is 0.239 e. The first-order valence-electron chi connectivity index (χ1n) is 6.66. The van der Waals surface area contributed by atoms with E-state index in [2.05, 4.69) is 0 Å². The molecule has 2 heterocycles. The van der Waals surface area contributed by atoms with Gasteiger partial charge in [0.25, 0.3) is 0 Å². The van der Waals surface area contributed by atoms with Crippen molar-refractivity contribution in [1.82, 2.24) is 4.90 Å². The molecule has 0 radical (unpaired) electrons. The molecule has 4 nitrogen and oxygen atoms in total. The number of nitrogens with two attached hydrogens (primary N) is 1. The summed E-state index contributed by atoms with van der Waals surface area (Å²) in [6.07, 6.45) is 3.30. The van der Waals surface area contributed by atoms with Gasteiger partial charge < -0.3 is 15.4 Å². The van der Waals surface area contributed by atoms with Gasteiger partial charge in [0.15, 0.2) is 0 Å². The number of likely N-dealkylation sites (tertiary alicyclic amines) is 1. The fourth-order valence-corrected chi connectivity index (χ4v) is 2.83. The van der Waals surface area contributed by atoms with E-state index >= 15 is 0 Å². The molecule has 1 atom stereocenters. The van der Waals surface area contributed by atoms with Crippen molar-refractivity contribution in [3.05, 3.63) is 0 Å². The van der Waals surface area contributed by atoms with E-state index in [4.69, 9.17) is 10.5 Å². The molecule has 0 aromatic heterocycles. The number of carbonyl (C=O) groups is 1. The number of carbonyl (C=O) groups excluding carboxylic acids is 1. The van der Waals surface area contributed by atoms with E-state index in [1.54, 1.807) is 0 Å². The van der Waals surface area contributed by atoms with Crippen molar-refractivity contribution in [2.75, 3.05) is 26.3 Å². The Morgan fingerprint density at radius 2 is 1.89 bits per heavy atom. The zero-order chi connectivity index (χ0) is 12.5. The molecule has 2 rings (SSSR count). The van der Waals surface area contributed by atoms with Crippen LogP contribution < -0.4 is 5.73 Å². The zero-order valence-corrected chi connectivity index (χ0v) is 12.2. The lowest BCUT2D eigenvalue weighted by Crippen LogP contribution is -2.46. The lowest BCUT2D eigenvalue weighted by Gasteiger charge is -2.33. The summed E-state index contributed by atoms with van der Waals surface area (Å²) < 4.78 is 5.41. The monoisotopic (exact) mass is 276 g/mol. The van der Waals surface area contributed by atoms with Crippen LogP contribution in [0.15, 0.2) is 0 Å². The lowest BCUT2D eigenvalue weighted by molar-refractivity contribution is -0.133. The molecule has 0 aromatic carbocycles. The number of halogens is 1. The van der Waals surface area contributed by atoms with Crippen LogP contribution in [0.2, 0.25) is 0 Å². The van der Waals surface area contributed by atoms with Gasteiger partial charge in [-0.25, -0.2) is 0 Å². The van der Waals surface area contributed by atoms with Gasteiger partial charge in [0.2, 0.25) is 5.91 Å². The molecule has 0 saturated carbocycles. The number of rotatable bonds is 2. The second kappa shape index (κ2) is 6.22.